The van der Waals surface area contributed by atoms with Crippen molar-refractivity contribution in [3.63, 3.8) is 0 Å². The molecule has 0 aliphatic carbocycles. The smallest absolute Gasteiger partial charge is 0.264 e. The molecule has 0 radical (unpaired) electrons. The van der Waals surface area contributed by atoms with Crippen LogP contribution in [0.4, 0.5) is 5.95 Å². The first-order chi connectivity index (χ1) is 7.90. The largest absolute Gasteiger partial charge is 0.368 e. The highest BCUT2D eigenvalue weighted by Crippen LogP contribution is 2.18. The summed E-state index contributed by atoms with van der Waals surface area (Å²) in [6.07, 6.45) is 2.14. The molecule has 0 amide bonds. The topological polar surface area (TPSA) is 119 Å². The molecule has 7 nitrogen and oxygen atoms in total. The predicted molar refractivity (Wildman–Crippen MR) is 67.8 cm³/mol. The summed E-state index contributed by atoms with van der Waals surface area (Å²) in [6.45, 7) is 0. The molecule has 3 N–H and O–H groups in total. The molecular formula is C7H12N4O3S3. The van der Waals surface area contributed by atoms with Gasteiger partial charge in [-0.2, -0.15) is 23.4 Å². The molecule has 0 unspecified atom stereocenters. The van der Waals surface area contributed by atoms with Gasteiger partial charge in [-0.25, -0.2) is 0 Å². The summed E-state index contributed by atoms with van der Waals surface area (Å²) in [5.41, 5.74) is 5.48. The van der Waals surface area contributed by atoms with Crippen LogP contribution in [0.1, 0.15) is 6.42 Å². The van der Waals surface area contributed by atoms with Crippen LogP contribution in [-0.4, -0.2) is 45.7 Å². The Morgan fingerprint density at radius 3 is 2.53 bits per heavy atom. The van der Waals surface area contributed by atoms with Gasteiger partial charge < -0.3 is 5.73 Å². The molecule has 0 fully saturated rings. The van der Waals surface area contributed by atoms with E-state index in [9.17, 15) is 8.42 Å². The molecule has 0 spiro atoms. The van der Waals surface area contributed by atoms with Gasteiger partial charge in [0.25, 0.3) is 10.1 Å². The van der Waals surface area contributed by atoms with E-state index in [2.05, 4.69) is 15.0 Å². The van der Waals surface area contributed by atoms with Crippen molar-refractivity contribution in [2.45, 2.75) is 16.7 Å². The van der Waals surface area contributed by atoms with Gasteiger partial charge in [0.15, 0.2) is 10.3 Å². The van der Waals surface area contributed by atoms with Crippen LogP contribution in [0.3, 0.4) is 0 Å². The molecule has 0 aromatic carbocycles. The molecule has 1 aromatic rings. The van der Waals surface area contributed by atoms with Gasteiger partial charge in [-0.05, 0) is 12.7 Å². The minimum absolute atomic E-state index is 0.140. The second-order valence-electron chi connectivity index (χ2n) is 2.95. The third-order valence-electron chi connectivity index (χ3n) is 1.57. The van der Waals surface area contributed by atoms with Crippen molar-refractivity contribution in [2.24, 2.45) is 0 Å². The van der Waals surface area contributed by atoms with E-state index in [4.69, 9.17) is 10.3 Å². The van der Waals surface area contributed by atoms with E-state index >= 15 is 0 Å². The molecule has 1 rings (SSSR count). The minimum Gasteiger partial charge on any atom is -0.368 e. The van der Waals surface area contributed by atoms with Gasteiger partial charge in [-0.3, -0.25) is 4.55 Å². The summed E-state index contributed by atoms with van der Waals surface area (Å²) >= 11 is 2.62. The third kappa shape index (κ3) is 6.05. The zero-order valence-corrected chi connectivity index (χ0v) is 11.5. The van der Waals surface area contributed by atoms with Gasteiger partial charge in [0.1, 0.15) is 0 Å². The van der Waals surface area contributed by atoms with Crippen LogP contribution in [0.2, 0.25) is 0 Å². The number of nitrogen functional groups attached to an aromatic ring is 1. The average Bonchev–Trinajstić information content (AvgIpc) is 2.22. The molecular weight excluding hydrogens is 284 g/mol. The van der Waals surface area contributed by atoms with Crippen LogP contribution in [-0.2, 0) is 10.1 Å². The molecule has 96 valence electrons. The fourth-order valence-electron chi connectivity index (χ4n) is 0.913. The highest BCUT2D eigenvalue weighted by atomic mass is 32.2. The SMILES string of the molecule is CSc1nc(N)nc(SCCCS(=O)(=O)O)n1. The van der Waals surface area contributed by atoms with E-state index in [-0.39, 0.29) is 11.7 Å². The summed E-state index contributed by atoms with van der Waals surface area (Å²) in [5, 5.41) is 0.979. The van der Waals surface area contributed by atoms with Crippen molar-refractivity contribution in [1.29, 1.82) is 0 Å². The maximum Gasteiger partial charge on any atom is 0.264 e. The van der Waals surface area contributed by atoms with Crippen molar-refractivity contribution < 1.29 is 13.0 Å². The number of aromatic nitrogens is 3. The molecule has 1 heterocycles. The lowest BCUT2D eigenvalue weighted by Crippen LogP contribution is -2.05. The molecule has 10 heteroatoms. The fraction of sp³-hybridized carbons (Fsp3) is 0.571. The number of hydrogen-bond acceptors (Lipinski definition) is 8. The van der Waals surface area contributed by atoms with Crippen molar-refractivity contribution in [3.05, 3.63) is 0 Å². The van der Waals surface area contributed by atoms with Crippen molar-refractivity contribution in [2.75, 3.05) is 23.5 Å². The first-order valence-corrected chi connectivity index (χ1v) is 8.36. The second-order valence-corrected chi connectivity index (χ2v) is 6.36. The molecule has 0 atom stereocenters. The van der Waals surface area contributed by atoms with E-state index in [1.54, 1.807) is 0 Å². The van der Waals surface area contributed by atoms with Gasteiger partial charge >= 0.3 is 0 Å². The van der Waals surface area contributed by atoms with Crippen molar-refractivity contribution in [3.8, 4) is 0 Å². The summed E-state index contributed by atoms with van der Waals surface area (Å²) in [7, 11) is -3.89. The number of rotatable bonds is 6. The summed E-state index contributed by atoms with van der Waals surface area (Å²) < 4.78 is 29.5. The molecule has 0 bridgehead atoms. The van der Waals surface area contributed by atoms with E-state index in [0.717, 1.165) is 0 Å². The monoisotopic (exact) mass is 296 g/mol. The van der Waals surface area contributed by atoms with Gasteiger partial charge in [-0.15, -0.1) is 0 Å². The highest BCUT2D eigenvalue weighted by Gasteiger charge is 2.07. The van der Waals surface area contributed by atoms with E-state index in [0.29, 0.717) is 22.5 Å². The Kier molecular flexibility index (Phi) is 5.43. The lowest BCUT2D eigenvalue weighted by molar-refractivity contribution is 0.482. The average molecular weight is 296 g/mol. The Morgan fingerprint density at radius 1 is 1.29 bits per heavy atom. The summed E-state index contributed by atoms with van der Waals surface area (Å²) in [5.74, 6) is 0.356. The van der Waals surface area contributed by atoms with Gasteiger partial charge in [0.05, 0.1) is 5.75 Å². The maximum absolute atomic E-state index is 10.5. The number of nitrogens with zero attached hydrogens (tertiary/aromatic N) is 3. The fourth-order valence-corrected chi connectivity index (χ4v) is 2.81. The zero-order valence-electron chi connectivity index (χ0n) is 9.03. The molecule has 1 aromatic heterocycles. The number of thioether (sulfide) groups is 2. The number of anilines is 1. The van der Waals surface area contributed by atoms with Gasteiger partial charge in [-0.1, -0.05) is 23.5 Å². The lowest BCUT2D eigenvalue weighted by Gasteiger charge is -2.02. The van der Waals surface area contributed by atoms with Crippen LogP contribution in [0.25, 0.3) is 0 Å². The summed E-state index contributed by atoms with van der Waals surface area (Å²) in [4.78, 5) is 11.9. The first-order valence-electron chi connectivity index (χ1n) is 4.54. The van der Waals surface area contributed by atoms with Crippen LogP contribution in [0.15, 0.2) is 10.3 Å². The number of hydrogen-bond donors (Lipinski definition) is 2. The van der Waals surface area contributed by atoms with Gasteiger partial charge in [0.2, 0.25) is 5.95 Å². The van der Waals surface area contributed by atoms with Gasteiger partial charge in [0, 0.05) is 5.75 Å². The Hall–Kier alpha value is -0.580. The van der Waals surface area contributed by atoms with E-state index < -0.39 is 10.1 Å². The number of nitrogens with two attached hydrogens (primary N) is 1. The van der Waals surface area contributed by atoms with Crippen LogP contribution in [0, 0.1) is 0 Å². The van der Waals surface area contributed by atoms with Crippen molar-refractivity contribution >= 4 is 39.6 Å². The molecule has 0 saturated carbocycles. The first kappa shape index (κ1) is 14.5. The Bertz CT molecular complexity index is 479. The molecule has 0 aliphatic rings. The normalized spacial score (nSPS) is 11.6. The predicted octanol–water partition coefficient (Wildman–Crippen LogP) is 0.546. The van der Waals surface area contributed by atoms with Crippen molar-refractivity contribution in [1.82, 2.24) is 15.0 Å². The summed E-state index contributed by atoms with van der Waals surface area (Å²) in [6, 6.07) is 0. The maximum atomic E-state index is 10.5. The van der Waals surface area contributed by atoms with Crippen LogP contribution in [0.5, 0.6) is 0 Å². The Labute approximate surface area is 108 Å². The standard InChI is InChI=1S/C7H12N4O3S3/c1-15-6-9-5(8)10-7(11-6)16-3-2-4-17(12,13)14/h2-4H2,1H3,(H,12,13,14)(H2,8,9,10,11). The lowest BCUT2D eigenvalue weighted by atomic mass is 10.6. The van der Waals surface area contributed by atoms with Crippen LogP contribution < -0.4 is 5.73 Å². The Balaban J connectivity index is 2.49. The Morgan fingerprint density at radius 2 is 1.94 bits per heavy atom. The van der Waals surface area contributed by atoms with E-state index in [1.165, 1.54) is 23.5 Å². The highest BCUT2D eigenvalue weighted by molar-refractivity contribution is 7.99. The van der Waals surface area contributed by atoms with Crippen LogP contribution >= 0.6 is 23.5 Å². The quantitative estimate of drug-likeness (QED) is 0.440. The second kappa shape index (κ2) is 6.38. The zero-order chi connectivity index (χ0) is 12.9. The third-order valence-corrected chi connectivity index (χ3v) is 3.86. The van der Waals surface area contributed by atoms with E-state index in [1.807, 2.05) is 6.26 Å². The molecule has 0 saturated heterocycles. The molecule has 17 heavy (non-hydrogen) atoms. The molecule has 0 aliphatic heterocycles. The minimum atomic E-state index is -3.89.